The summed E-state index contributed by atoms with van der Waals surface area (Å²) in [6.07, 6.45) is -17.2. The number of carbonyl (C=O) groups excluding carboxylic acids is 1. The third kappa shape index (κ3) is 6.21. The molecule has 0 unspecified atom stereocenters. The van der Waals surface area contributed by atoms with Crippen molar-refractivity contribution in [1.29, 1.82) is 0 Å². The van der Waals surface area contributed by atoms with Crippen LogP contribution in [0.4, 0.5) is 54.8 Å². The van der Waals surface area contributed by atoms with Crippen LogP contribution in [0.2, 0.25) is 0 Å². The normalized spacial score (nSPS) is 19.5. The topological polar surface area (TPSA) is 70.1 Å². The van der Waals surface area contributed by atoms with E-state index < -0.39 is 76.1 Å². The van der Waals surface area contributed by atoms with Crippen molar-refractivity contribution < 1.29 is 58.9 Å². The van der Waals surface area contributed by atoms with Crippen LogP contribution in [0, 0.1) is 5.92 Å². The Kier molecular flexibility index (Phi) is 7.95. The van der Waals surface area contributed by atoms with Crippen LogP contribution in [0.25, 0.3) is 0 Å². The number of rotatable bonds is 4. The SMILES string of the molecule is COC(=O)N(Cc1cc(C(F)(F)F)cc(C(F)(F)F)c1Br)[C@H]1C[C@@H](C2CC2)N(C(=O)O)c2ccc(C(F)(F)F)cc21. The van der Waals surface area contributed by atoms with Gasteiger partial charge in [-0.2, -0.15) is 39.5 Å². The van der Waals surface area contributed by atoms with Crippen LogP contribution in [0.15, 0.2) is 34.8 Å². The van der Waals surface area contributed by atoms with Gasteiger partial charge in [0.1, 0.15) is 0 Å². The molecule has 2 amide bonds. The predicted octanol–water partition coefficient (Wildman–Crippen LogP) is 8.48. The summed E-state index contributed by atoms with van der Waals surface area (Å²) in [7, 11) is 0.884. The maximum atomic E-state index is 13.7. The van der Waals surface area contributed by atoms with Gasteiger partial charge in [-0.05, 0) is 82.6 Å². The van der Waals surface area contributed by atoms with Gasteiger partial charge >= 0.3 is 30.7 Å². The highest BCUT2D eigenvalue weighted by Crippen LogP contribution is 2.50. The Morgan fingerprint density at radius 2 is 1.59 bits per heavy atom. The van der Waals surface area contributed by atoms with E-state index in [-0.39, 0.29) is 29.7 Å². The largest absolute Gasteiger partial charge is 0.465 e. The number of hydrogen-bond donors (Lipinski definition) is 1. The van der Waals surface area contributed by atoms with Crippen molar-refractivity contribution in [2.45, 2.75) is 56.4 Å². The molecule has 1 saturated carbocycles. The highest BCUT2D eigenvalue weighted by atomic mass is 79.9. The molecule has 2 aromatic carbocycles. The van der Waals surface area contributed by atoms with Crippen LogP contribution in [0.5, 0.6) is 0 Å². The molecule has 1 heterocycles. The van der Waals surface area contributed by atoms with Crippen LogP contribution in [0.1, 0.15) is 53.1 Å². The summed E-state index contributed by atoms with van der Waals surface area (Å²) in [5.41, 5.74) is -5.67. The van der Waals surface area contributed by atoms with Crippen LogP contribution in [-0.2, 0) is 29.8 Å². The number of carbonyl (C=O) groups is 2. The smallest absolute Gasteiger partial charge is 0.417 e. The third-order valence-corrected chi connectivity index (χ3v) is 7.99. The fourth-order valence-electron chi connectivity index (χ4n) is 5.05. The molecule has 0 spiro atoms. The summed E-state index contributed by atoms with van der Waals surface area (Å²) in [6.45, 7) is -0.939. The van der Waals surface area contributed by atoms with Gasteiger partial charge in [0.05, 0.1) is 42.1 Å². The number of fused-ring (bicyclic) bond motifs is 1. The summed E-state index contributed by atoms with van der Waals surface area (Å²) in [5.74, 6) is -0.222. The average molecular weight is 663 g/mol. The number of carboxylic acid groups (broad SMARTS) is 1. The molecule has 0 saturated heterocycles. The van der Waals surface area contributed by atoms with Gasteiger partial charge in [0.25, 0.3) is 0 Å². The number of nitrogens with zero attached hydrogens (tertiary/aromatic N) is 2. The van der Waals surface area contributed by atoms with E-state index in [9.17, 15) is 54.2 Å². The van der Waals surface area contributed by atoms with Crippen molar-refractivity contribution in [3.8, 4) is 0 Å². The Labute approximate surface area is 234 Å². The van der Waals surface area contributed by atoms with Crippen molar-refractivity contribution in [2.24, 2.45) is 5.92 Å². The first kappa shape index (κ1) is 30.8. The summed E-state index contributed by atoms with van der Waals surface area (Å²) < 4.78 is 126. The van der Waals surface area contributed by atoms with E-state index in [0.29, 0.717) is 35.9 Å². The molecule has 16 heteroatoms. The number of hydrogen-bond acceptors (Lipinski definition) is 3. The molecule has 1 aliphatic carbocycles. The van der Waals surface area contributed by atoms with E-state index in [1.54, 1.807) is 0 Å². The van der Waals surface area contributed by atoms with Crippen LogP contribution in [-0.4, -0.2) is 35.3 Å². The van der Waals surface area contributed by atoms with Crippen LogP contribution in [0.3, 0.4) is 0 Å². The van der Waals surface area contributed by atoms with E-state index in [4.69, 9.17) is 4.74 Å². The van der Waals surface area contributed by atoms with Gasteiger partial charge in [0.2, 0.25) is 0 Å². The Morgan fingerprint density at radius 1 is 0.976 bits per heavy atom. The molecule has 0 radical (unpaired) electrons. The van der Waals surface area contributed by atoms with Crippen molar-refractivity contribution in [3.63, 3.8) is 0 Å². The van der Waals surface area contributed by atoms with Gasteiger partial charge in [0.15, 0.2) is 0 Å². The van der Waals surface area contributed by atoms with Gasteiger partial charge < -0.3 is 9.84 Å². The number of benzene rings is 2. The lowest BCUT2D eigenvalue weighted by Gasteiger charge is -2.43. The molecule has 224 valence electrons. The molecule has 1 N–H and O–H groups in total. The molecule has 6 nitrogen and oxygen atoms in total. The van der Waals surface area contributed by atoms with Crippen molar-refractivity contribution in [3.05, 3.63) is 62.6 Å². The second kappa shape index (κ2) is 10.6. The number of alkyl halides is 9. The molecule has 1 aliphatic heterocycles. The Bertz CT molecular complexity index is 1360. The molecule has 0 bridgehead atoms. The number of amides is 2. The first-order chi connectivity index (χ1) is 18.8. The second-order valence-electron chi connectivity index (χ2n) is 9.67. The third-order valence-electron chi connectivity index (χ3n) is 7.05. The van der Waals surface area contributed by atoms with E-state index in [1.807, 2.05) is 0 Å². The number of ether oxygens (including phenoxy) is 1. The van der Waals surface area contributed by atoms with Crippen LogP contribution >= 0.6 is 15.9 Å². The first-order valence-corrected chi connectivity index (χ1v) is 12.7. The maximum absolute atomic E-state index is 13.7. The van der Waals surface area contributed by atoms with Gasteiger partial charge in [-0.15, -0.1) is 0 Å². The van der Waals surface area contributed by atoms with E-state index >= 15 is 0 Å². The van der Waals surface area contributed by atoms with Gasteiger partial charge in [0, 0.05) is 10.5 Å². The number of methoxy groups -OCH3 is 1. The molecule has 2 aromatic rings. The van der Waals surface area contributed by atoms with E-state index in [0.717, 1.165) is 18.1 Å². The zero-order chi connectivity index (χ0) is 30.7. The summed E-state index contributed by atoms with van der Waals surface area (Å²) in [4.78, 5) is 26.8. The van der Waals surface area contributed by atoms with Gasteiger partial charge in [-0.25, -0.2) is 9.59 Å². The van der Waals surface area contributed by atoms with Crippen molar-refractivity contribution >= 4 is 33.8 Å². The standard InChI is InChI=1S/C25H20BrF9N2O4/c1-41-22(40)36(10-12-6-14(24(30,31)32)8-16(20(12)26)25(33,34)35)19-9-18(11-2-3-11)37(21(38)39)17-5-4-13(7-15(17)19)23(27,28)29/h4-8,11,18-19H,2-3,9-10H2,1H3,(H,38,39)/t18-,19-/m0/s1. The van der Waals surface area contributed by atoms with Gasteiger partial charge in [-0.3, -0.25) is 9.80 Å². The lowest BCUT2D eigenvalue weighted by atomic mass is 9.86. The molecule has 2 aliphatic rings. The number of halogens is 10. The quantitative estimate of drug-likeness (QED) is 0.334. The summed E-state index contributed by atoms with van der Waals surface area (Å²) in [6, 6.07) is 0.273. The molecule has 0 aromatic heterocycles. The summed E-state index contributed by atoms with van der Waals surface area (Å²) in [5, 5.41) is 9.91. The van der Waals surface area contributed by atoms with E-state index in [1.165, 1.54) is 0 Å². The molecule has 1 fully saturated rings. The van der Waals surface area contributed by atoms with Crippen molar-refractivity contribution in [1.82, 2.24) is 4.90 Å². The maximum Gasteiger partial charge on any atom is 0.417 e. The Hall–Kier alpha value is -3.17. The zero-order valence-electron chi connectivity index (χ0n) is 20.8. The highest BCUT2D eigenvalue weighted by Gasteiger charge is 2.48. The Balaban J connectivity index is 1.91. The Morgan fingerprint density at radius 3 is 2.07 bits per heavy atom. The highest BCUT2D eigenvalue weighted by molar-refractivity contribution is 9.10. The summed E-state index contributed by atoms with van der Waals surface area (Å²) >= 11 is 2.68. The fraction of sp³-hybridized carbons (Fsp3) is 0.440. The predicted molar refractivity (Wildman–Crippen MR) is 128 cm³/mol. The van der Waals surface area contributed by atoms with Crippen molar-refractivity contribution in [2.75, 3.05) is 12.0 Å². The second-order valence-corrected chi connectivity index (χ2v) is 10.5. The fourth-order valence-corrected chi connectivity index (χ4v) is 5.63. The van der Waals surface area contributed by atoms with Crippen LogP contribution < -0.4 is 4.90 Å². The first-order valence-electron chi connectivity index (χ1n) is 11.9. The molecular formula is C25H20BrF9N2O4. The minimum Gasteiger partial charge on any atom is -0.465 e. The van der Waals surface area contributed by atoms with E-state index in [2.05, 4.69) is 15.9 Å². The monoisotopic (exact) mass is 662 g/mol. The zero-order valence-corrected chi connectivity index (χ0v) is 22.4. The average Bonchev–Trinajstić information content (AvgIpc) is 3.70. The lowest BCUT2D eigenvalue weighted by Crippen LogP contribution is -2.49. The minimum atomic E-state index is -5.23. The molecule has 41 heavy (non-hydrogen) atoms. The molecular weight excluding hydrogens is 643 g/mol. The lowest BCUT2D eigenvalue weighted by molar-refractivity contribution is -0.143. The van der Waals surface area contributed by atoms with Gasteiger partial charge in [-0.1, -0.05) is 0 Å². The molecule has 4 rings (SSSR count). The minimum absolute atomic E-state index is 0.102. The number of anilines is 1. The molecule has 2 atom stereocenters.